The number of anilines is 1. The van der Waals surface area contributed by atoms with Gasteiger partial charge in [-0.3, -0.25) is 4.90 Å². The van der Waals surface area contributed by atoms with Crippen LogP contribution in [0.1, 0.15) is 49.0 Å². The highest BCUT2D eigenvalue weighted by Crippen LogP contribution is 2.29. The summed E-state index contributed by atoms with van der Waals surface area (Å²) in [6.07, 6.45) is 0.675. The van der Waals surface area contributed by atoms with E-state index in [-0.39, 0.29) is 0 Å². The van der Waals surface area contributed by atoms with Crippen molar-refractivity contribution in [2.75, 3.05) is 37.6 Å². The van der Waals surface area contributed by atoms with Crippen molar-refractivity contribution in [3.63, 3.8) is 0 Å². The molecule has 1 aliphatic rings. The molecule has 0 radical (unpaired) electrons. The van der Waals surface area contributed by atoms with Gasteiger partial charge in [0.15, 0.2) is 0 Å². The summed E-state index contributed by atoms with van der Waals surface area (Å²) in [4.78, 5) is 8.14. The molecule has 0 spiro atoms. The van der Waals surface area contributed by atoms with Crippen molar-refractivity contribution < 1.29 is 18.3 Å². The Morgan fingerprint density at radius 3 is 2.27 bits per heavy atom. The molecular weight excluding hydrogens is 391 g/mol. The molecule has 0 aliphatic carbocycles. The number of benzene rings is 1. The number of nitrogens with zero attached hydrogens (tertiary/aromatic N) is 3. The highest BCUT2D eigenvalue weighted by Gasteiger charge is 2.31. The van der Waals surface area contributed by atoms with Gasteiger partial charge in [-0.1, -0.05) is 44.0 Å². The standard InChI is InChI=1S/C23H30F3N3O/c1-2-3-4-5-18-6-8-19(9-7-18)21(30)17-28-12-14-29(15-13-28)22-11-10-20(16-27-22)23(24,25)26/h6-11,16,21,30H,2-5,12-15,17H2,1H3. The fourth-order valence-corrected chi connectivity index (χ4v) is 3.74. The maximum Gasteiger partial charge on any atom is 0.417 e. The predicted molar refractivity (Wildman–Crippen MR) is 113 cm³/mol. The number of hydrogen-bond acceptors (Lipinski definition) is 4. The summed E-state index contributed by atoms with van der Waals surface area (Å²) in [5.74, 6) is 0.557. The molecule has 2 aromatic rings. The molecule has 4 nitrogen and oxygen atoms in total. The van der Waals surface area contributed by atoms with Crippen LogP contribution in [0.5, 0.6) is 0 Å². The van der Waals surface area contributed by atoms with Crippen LogP contribution in [-0.4, -0.2) is 47.7 Å². The van der Waals surface area contributed by atoms with Gasteiger partial charge in [-0.2, -0.15) is 13.2 Å². The Morgan fingerprint density at radius 1 is 1.00 bits per heavy atom. The monoisotopic (exact) mass is 421 g/mol. The fourth-order valence-electron chi connectivity index (χ4n) is 3.74. The van der Waals surface area contributed by atoms with E-state index in [1.54, 1.807) is 0 Å². The number of β-amino-alcohol motifs (C(OH)–C–C–N with tert-alkyl or cyclic N) is 1. The van der Waals surface area contributed by atoms with Crippen LogP contribution in [0.25, 0.3) is 0 Å². The molecule has 164 valence electrons. The summed E-state index contributed by atoms with van der Waals surface area (Å²) in [6, 6.07) is 10.7. The van der Waals surface area contributed by atoms with Gasteiger partial charge in [-0.25, -0.2) is 4.98 Å². The Labute approximate surface area is 176 Å². The van der Waals surface area contributed by atoms with Crippen LogP contribution in [0.4, 0.5) is 19.0 Å². The van der Waals surface area contributed by atoms with Gasteiger partial charge in [0.05, 0.1) is 11.7 Å². The Kier molecular flexibility index (Phi) is 7.72. The molecule has 1 aliphatic heterocycles. The quantitative estimate of drug-likeness (QED) is 0.628. The smallest absolute Gasteiger partial charge is 0.387 e. The highest BCUT2D eigenvalue weighted by molar-refractivity contribution is 5.40. The Balaban J connectivity index is 1.47. The third kappa shape index (κ3) is 6.19. The molecule has 1 unspecified atom stereocenters. The van der Waals surface area contributed by atoms with Crippen molar-refractivity contribution in [3.8, 4) is 0 Å². The maximum atomic E-state index is 12.7. The lowest BCUT2D eigenvalue weighted by Gasteiger charge is -2.36. The second-order valence-electron chi connectivity index (χ2n) is 7.90. The summed E-state index contributed by atoms with van der Waals surface area (Å²) in [5, 5.41) is 10.6. The molecule has 7 heteroatoms. The van der Waals surface area contributed by atoms with E-state index in [0.29, 0.717) is 25.5 Å². The van der Waals surface area contributed by atoms with E-state index in [9.17, 15) is 18.3 Å². The molecule has 1 aromatic heterocycles. The molecule has 1 aromatic carbocycles. The number of aryl methyl sites for hydroxylation is 1. The minimum absolute atomic E-state index is 0.545. The number of aromatic nitrogens is 1. The van der Waals surface area contributed by atoms with Crippen LogP contribution in [0.3, 0.4) is 0 Å². The van der Waals surface area contributed by atoms with E-state index in [1.165, 1.54) is 30.9 Å². The van der Waals surface area contributed by atoms with Crippen molar-refractivity contribution in [2.45, 2.75) is 44.9 Å². The van der Waals surface area contributed by atoms with E-state index in [2.05, 4.69) is 28.9 Å². The topological polar surface area (TPSA) is 39.6 Å². The first-order chi connectivity index (χ1) is 14.4. The predicted octanol–water partition coefficient (Wildman–Crippen LogP) is 4.69. The number of unbranched alkanes of at least 4 members (excludes halogenated alkanes) is 2. The Morgan fingerprint density at radius 2 is 1.70 bits per heavy atom. The second-order valence-corrected chi connectivity index (χ2v) is 7.90. The van der Waals surface area contributed by atoms with E-state index < -0.39 is 17.8 Å². The minimum atomic E-state index is -4.37. The summed E-state index contributed by atoms with van der Waals surface area (Å²) < 4.78 is 38.0. The lowest BCUT2D eigenvalue weighted by molar-refractivity contribution is -0.137. The van der Waals surface area contributed by atoms with E-state index in [1.807, 2.05) is 17.0 Å². The number of aliphatic hydroxyl groups is 1. The number of aliphatic hydroxyl groups excluding tert-OH is 1. The molecule has 30 heavy (non-hydrogen) atoms. The van der Waals surface area contributed by atoms with Gasteiger partial charge < -0.3 is 10.0 Å². The van der Waals surface area contributed by atoms with E-state index >= 15 is 0 Å². The number of hydrogen-bond donors (Lipinski definition) is 1. The molecule has 1 fully saturated rings. The number of piperazine rings is 1. The summed E-state index contributed by atoms with van der Waals surface area (Å²) in [5.41, 5.74) is 1.49. The zero-order valence-corrected chi connectivity index (χ0v) is 17.4. The summed E-state index contributed by atoms with van der Waals surface area (Å²) in [6.45, 7) is 5.54. The highest BCUT2D eigenvalue weighted by atomic mass is 19.4. The Bertz CT molecular complexity index is 770. The van der Waals surface area contributed by atoms with Crippen molar-refractivity contribution in [1.29, 1.82) is 0 Å². The molecule has 0 amide bonds. The van der Waals surface area contributed by atoms with Gasteiger partial charge in [0.2, 0.25) is 0 Å². The molecule has 0 bridgehead atoms. The lowest BCUT2D eigenvalue weighted by atomic mass is 10.0. The molecule has 1 N–H and O–H groups in total. The van der Waals surface area contributed by atoms with Crippen molar-refractivity contribution in [2.24, 2.45) is 0 Å². The molecular formula is C23H30F3N3O. The first-order valence-corrected chi connectivity index (χ1v) is 10.6. The van der Waals surface area contributed by atoms with Gasteiger partial charge in [0, 0.05) is 38.9 Å². The first kappa shape index (κ1) is 22.6. The molecule has 1 saturated heterocycles. The SMILES string of the molecule is CCCCCc1ccc(C(O)CN2CCN(c3ccc(C(F)(F)F)cn3)CC2)cc1. The van der Waals surface area contributed by atoms with Crippen LogP contribution in [0.15, 0.2) is 42.6 Å². The van der Waals surface area contributed by atoms with Crippen LogP contribution in [0, 0.1) is 0 Å². The van der Waals surface area contributed by atoms with Crippen LogP contribution in [-0.2, 0) is 12.6 Å². The largest absolute Gasteiger partial charge is 0.417 e. The van der Waals surface area contributed by atoms with Crippen molar-refractivity contribution in [3.05, 3.63) is 59.3 Å². The summed E-state index contributed by atoms with van der Waals surface area (Å²) in [7, 11) is 0. The van der Waals surface area contributed by atoms with Gasteiger partial charge in [0.1, 0.15) is 5.82 Å². The van der Waals surface area contributed by atoms with Gasteiger partial charge >= 0.3 is 6.18 Å². The van der Waals surface area contributed by atoms with Crippen molar-refractivity contribution in [1.82, 2.24) is 9.88 Å². The van der Waals surface area contributed by atoms with Crippen LogP contribution >= 0.6 is 0 Å². The zero-order valence-electron chi connectivity index (χ0n) is 17.4. The normalized spacial score (nSPS) is 16.6. The van der Waals surface area contributed by atoms with Crippen LogP contribution < -0.4 is 4.90 Å². The van der Waals surface area contributed by atoms with Gasteiger partial charge in [-0.05, 0) is 36.1 Å². The maximum absolute atomic E-state index is 12.7. The number of alkyl halides is 3. The molecule has 1 atom stereocenters. The third-order valence-corrected chi connectivity index (χ3v) is 5.64. The zero-order chi connectivity index (χ0) is 21.6. The second kappa shape index (κ2) is 10.3. The minimum Gasteiger partial charge on any atom is -0.387 e. The number of rotatable bonds is 8. The lowest BCUT2D eigenvalue weighted by Crippen LogP contribution is -2.47. The average Bonchev–Trinajstić information content (AvgIpc) is 2.74. The number of pyridine rings is 1. The molecule has 0 saturated carbocycles. The molecule has 3 rings (SSSR count). The third-order valence-electron chi connectivity index (χ3n) is 5.64. The van der Waals surface area contributed by atoms with E-state index in [0.717, 1.165) is 37.3 Å². The van der Waals surface area contributed by atoms with Gasteiger partial charge in [0.25, 0.3) is 0 Å². The number of halogens is 3. The molecule has 2 heterocycles. The van der Waals surface area contributed by atoms with Gasteiger partial charge in [-0.15, -0.1) is 0 Å². The van der Waals surface area contributed by atoms with E-state index in [4.69, 9.17) is 0 Å². The van der Waals surface area contributed by atoms with Crippen LogP contribution in [0.2, 0.25) is 0 Å². The Hall–Kier alpha value is -2.12. The average molecular weight is 422 g/mol. The first-order valence-electron chi connectivity index (χ1n) is 10.6. The van der Waals surface area contributed by atoms with Crippen molar-refractivity contribution >= 4 is 5.82 Å². The fraction of sp³-hybridized carbons (Fsp3) is 0.522. The summed E-state index contributed by atoms with van der Waals surface area (Å²) >= 11 is 0.